The molecule has 0 radical (unpaired) electrons. The highest BCUT2D eigenvalue weighted by Gasteiger charge is 2.61. The zero-order valence-electron chi connectivity index (χ0n) is 17.0. The average Bonchev–Trinajstić information content (AvgIpc) is 3.05. The first kappa shape index (κ1) is 19.0. The van der Waals surface area contributed by atoms with E-state index in [1.807, 2.05) is 0 Å². The summed E-state index contributed by atoms with van der Waals surface area (Å²) in [7, 11) is 0. The summed E-state index contributed by atoms with van der Waals surface area (Å²) >= 11 is 0. The molecule has 0 saturated heterocycles. The van der Waals surface area contributed by atoms with Gasteiger partial charge in [-0.2, -0.15) is 0 Å². The van der Waals surface area contributed by atoms with Crippen molar-refractivity contribution in [3.8, 4) is 0 Å². The number of hydrogen-bond acceptors (Lipinski definition) is 4. The minimum absolute atomic E-state index is 0.337. The van der Waals surface area contributed by atoms with Gasteiger partial charge in [0.05, 0.1) is 5.41 Å². The second-order valence-electron chi connectivity index (χ2n) is 9.74. The molecule has 0 spiro atoms. The van der Waals surface area contributed by atoms with Crippen LogP contribution in [0.5, 0.6) is 0 Å². The van der Waals surface area contributed by atoms with Crippen LogP contribution in [0.25, 0.3) is 0 Å². The van der Waals surface area contributed by atoms with E-state index in [2.05, 4.69) is 19.1 Å². The molecule has 27 heavy (non-hydrogen) atoms. The molecule has 4 aliphatic carbocycles. The molecule has 1 unspecified atom stereocenters. The second kappa shape index (κ2) is 6.93. The third-order valence-corrected chi connectivity index (χ3v) is 8.56. The Labute approximate surface area is 163 Å². The predicted molar refractivity (Wildman–Crippen MR) is 103 cm³/mol. The van der Waals surface area contributed by atoms with Crippen LogP contribution in [0.2, 0.25) is 0 Å². The van der Waals surface area contributed by atoms with Crippen LogP contribution in [0.3, 0.4) is 0 Å². The van der Waals surface area contributed by atoms with Crippen LogP contribution < -0.4 is 0 Å². The summed E-state index contributed by atoms with van der Waals surface area (Å²) in [6, 6.07) is 0. The minimum atomic E-state index is -0.783. The molecule has 4 heteroatoms. The minimum Gasteiger partial charge on any atom is -0.424 e. The monoisotopic (exact) mass is 374 g/mol. The van der Waals surface area contributed by atoms with Crippen molar-refractivity contribution in [1.29, 1.82) is 0 Å². The molecule has 4 rings (SSSR count). The van der Waals surface area contributed by atoms with Crippen LogP contribution in [0.1, 0.15) is 78.6 Å². The third kappa shape index (κ3) is 3.03. The van der Waals surface area contributed by atoms with Gasteiger partial charge in [-0.25, -0.2) is 0 Å². The molecule has 3 fully saturated rings. The fourth-order valence-corrected chi connectivity index (χ4v) is 7.44. The number of carbonyl (C=O) groups is 2. The van der Waals surface area contributed by atoms with Crippen molar-refractivity contribution in [2.45, 2.75) is 84.8 Å². The maximum Gasteiger partial charge on any atom is 0.305 e. The third-order valence-electron chi connectivity index (χ3n) is 8.56. The number of fused-ring (bicyclic) bond motifs is 5. The van der Waals surface area contributed by atoms with Crippen LogP contribution in [-0.2, 0) is 19.1 Å². The van der Waals surface area contributed by atoms with E-state index in [1.165, 1.54) is 52.4 Å². The smallest absolute Gasteiger partial charge is 0.305 e. The highest BCUT2D eigenvalue weighted by atomic mass is 16.7. The fourth-order valence-electron chi connectivity index (χ4n) is 7.44. The lowest BCUT2D eigenvalue weighted by Crippen LogP contribution is -2.56. The van der Waals surface area contributed by atoms with Gasteiger partial charge in [0.25, 0.3) is 6.29 Å². The summed E-state index contributed by atoms with van der Waals surface area (Å²) in [4.78, 5) is 23.5. The van der Waals surface area contributed by atoms with Crippen molar-refractivity contribution in [2.75, 3.05) is 0 Å². The van der Waals surface area contributed by atoms with E-state index in [-0.39, 0.29) is 17.4 Å². The van der Waals surface area contributed by atoms with Crippen molar-refractivity contribution in [1.82, 2.24) is 0 Å². The SMILES string of the molecule is CC(=O)OC(OC(C)=O)[C@@]12C=CC[C@H]1[C@@H]1CCC3CCCC[C@]3(C)[C@H]1CC2. The van der Waals surface area contributed by atoms with Gasteiger partial charge in [-0.05, 0) is 74.0 Å². The molecule has 4 nitrogen and oxygen atoms in total. The molecule has 150 valence electrons. The van der Waals surface area contributed by atoms with Gasteiger partial charge in [-0.1, -0.05) is 31.9 Å². The van der Waals surface area contributed by atoms with Crippen molar-refractivity contribution in [3.05, 3.63) is 12.2 Å². The van der Waals surface area contributed by atoms with Gasteiger partial charge in [-0.15, -0.1) is 0 Å². The number of carbonyl (C=O) groups excluding carboxylic acids is 2. The normalized spacial score (nSPS) is 42.8. The number of esters is 2. The van der Waals surface area contributed by atoms with E-state index in [4.69, 9.17) is 9.47 Å². The summed E-state index contributed by atoms with van der Waals surface area (Å²) in [5.41, 5.74) is 0.130. The zero-order chi connectivity index (χ0) is 19.2. The van der Waals surface area contributed by atoms with Crippen molar-refractivity contribution >= 4 is 11.9 Å². The van der Waals surface area contributed by atoms with Crippen molar-refractivity contribution in [2.24, 2.45) is 34.5 Å². The first-order valence-corrected chi connectivity index (χ1v) is 10.9. The van der Waals surface area contributed by atoms with Crippen molar-refractivity contribution in [3.63, 3.8) is 0 Å². The number of hydrogen-bond donors (Lipinski definition) is 0. The van der Waals surface area contributed by atoms with Gasteiger partial charge in [0.2, 0.25) is 0 Å². The van der Waals surface area contributed by atoms with E-state index >= 15 is 0 Å². The zero-order valence-corrected chi connectivity index (χ0v) is 17.0. The van der Waals surface area contributed by atoms with E-state index in [0.29, 0.717) is 17.3 Å². The average molecular weight is 375 g/mol. The van der Waals surface area contributed by atoms with Gasteiger partial charge in [0.1, 0.15) is 0 Å². The summed E-state index contributed by atoms with van der Waals surface area (Å²) in [5.74, 6) is 1.94. The van der Waals surface area contributed by atoms with Crippen LogP contribution in [0, 0.1) is 34.5 Å². The Morgan fingerprint density at radius 2 is 1.70 bits per heavy atom. The van der Waals surface area contributed by atoms with E-state index in [9.17, 15) is 9.59 Å². The predicted octanol–water partition coefficient (Wildman–Crippen LogP) is 5.02. The first-order valence-electron chi connectivity index (χ1n) is 10.9. The maximum atomic E-state index is 11.7. The summed E-state index contributed by atoms with van der Waals surface area (Å²) in [6.07, 6.45) is 14.9. The standard InChI is InChI=1S/C23H34O4/c1-15(24)26-21(27-16(2)25)23-13-6-8-20(23)18-10-9-17-7-4-5-12-22(17,3)19(18)11-14-23/h6,13,17-21H,4-5,7-12,14H2,1-3H3/t17?,18-,19+,20+,22+,23-/m1/s1. The molecule has 0 N–H and O–H groups in total. The maximum absolute atomic E-state index is 11.7. The van der Waals surface area contributed by atoms with Gasteiger partial charge in [0, 0.05) is 13.8 Å². The van der Waals surface area contributed by atoms with Gasteiger partial charge < -0.3 is 9.47 Å². The Kier molecular flexibility index (Phi) is 4.88. The van der Waals surface area contributed by atoms with Crippen LogP contribution in [0.15, 0.2) is 12.2 Å². The topological polar surface area (TPSA) is 52.6 Å². The highest BCUT2D eigenvalue weighted by Crippen LogP contribution is 2.66. The Hall–Kier alpha value is -1.32. The number of allylic oxidation sites excluding steroid dienone is 1. The second-order valence-corrected chi connectivity index (χ2v) is 9.74. The molecule has 0 amide bonds. The Balaban J connectivity index is 1.64. The van der Waals surface area contributed by atoms with E-state index < -0.39 is 6.29 Å². The summed E-state index contributed by atoms with van der Waals surface area (Å²) < 4.78 is 11.2. The lowest BCUT2D eigenvalue weighted by atomic mass is 9.45. The summed E-state index contributed by atoms with van der Waals surface area (Å²) in [6.45, 7) is 5.36. The molecule has 3 saturated carbocycles. The summed E-state index contributed by atoms with van der Waals surface area (Å²) in [5, 5.41) is 0. The highest BCUT2D eigenvalue weighted by molar-refractivity contribution is 5.68. The molecule has 0 aliphatic heterocycles. The molecule has 0 aromatic heterocycles. The Bertz CT molecular complexity index is 624. The molecule has 6 atom stereocenters. The van der Waals surface area contributed by atoms with E-state index in [0.717, 1.165) is 31.1 Å². The molecule has 0 aromatic rings. The number of ether oxygens (including phenoxy) is 2. The Morgan fingerprint density at radius 1 is 0.963 bits per heavy atom. The van der Waals surface area contributed by atoms with Crippen LogP contribution >= 0.6 is 0 Å². The molecule has 4 aliphatic rings. The molecule has 0 bridgehead atoms. The van der Waals surface area contributed by atoms with Crippen LogP contribution in [-0.4, -0.2) is 18.2 Å². The fraction of sp³-hybridized carbons (Fsp3) is 0.826. The lowest BCUT2D eigenvalue weighted by molar-refractivity contribution is -0.226. The quantitative estimate of drug-likeness (QED) is 0.395. The van der Waals surface area contributed by atoms with E-state index in [1.54, 1.807) is 0 Å². The molecule has 0 aromatic carbocycles. The lowest BCUT2D eigenvalue weighted by Gasteiger charge is -2.60. The van der Waals surface area contributed by atoms with Gasteiger partial charge in [-0.3, -0.25) is 9.59 Å². The van der Waals surface area contributed by atoms with Crippen LogP contribution in [0.4, 0.5) is 0 Å². The van der Waals surface area contributed by atoms with Crippen molar-refractivity contribution < 1.29 is 19.1 Å². The molecular weight excluding hydrogens is 340 g/mol. The Morgan fingerprint density at radius 3 is 2.41 bits per heavy atom. The molecule has 0 heterocycles. The number of rotatable bonds is 3. The van der Waals surface area contributed by atoms with Gasteiger partial charge in [0.15, 0.2) is 0 Å². The van der Waals surface area contributed by atoms with Gasteiger partial charge >= 0.3 is 11.9 Å². The first-order chi connectivity index (χ1) is 12.9. The largest absolute Gasteiger partial charge is 0.424 e. The molecular formula is C23H34O4.